The number of likely N-dealkylation sites (tertiary alicyclic amines) is 1. The molecule has 0 aliphatic carbocycles. The van der Waals surface area contributed by atoms with Crippen LogP contribution in [0.1, 0.15) is 17.5 Å². The molecule has 154 valence electrons. The van der Waals surface area contributed by atoms with Crippen molar-refractivity contribution < 1.29 is 23.5 Å². The summed E-state index contributed by atoms with van der Waals surface area (Å²) in [5.74, 6) is -0.102. The maximum atomic E-state index is 14.0. The summed E-state index contributed by atoms with van der Waals surface area (Å²) in [5.41, 5.74) is 1.92. The quantitative estimate of drug-likeness (QED) is 0.775. The number of amides is 2. The lowest BCUT2D eigenvalue weighted by Gasteiger charge is -2.17. The number of carbonyl (C=O) groups excluding carboxylic acids is 2. The number of nitrogens with one attached hydrogen (secondary N) is 1. The van der Waals surface area contributed by atoms with Gasteiger partial charge in [0.25, 0.3) is 0 Å². The van der Waals surface area contributed by atoms with E-state index < -0.39 is 11.7 Å². The number of halogens is 1. The van der Waals surface area contributed by atoms with Gasteiger partial charge < -0.3 is 19.7 Å². The summed E-state index contributed by atoms with van der Waals surface area (Å²) in [6, 6.07) is 10.3. The third kappa shape index (κ3) is 4.85. The molecule has 3 rings (SSSR count). The lowest BCUT2D eigenvalue weighted by Crippen LogP contribution is -2.30. The zero-order valence-corrected chi connectivity index (χ0v) is 16.8. The van der Waals surface area contributed by atoms with Crippen molar-refractivity contribution in [1.29, 1.82) is 0 Å². The Morgan fingerprint density at radius 3 is 2.62 bits per heavy atom. The standard InChI is InChI=1S/C22H25FN2O4/c1-14-4-6-18(17(23)10-14)24-22(27)16-12-21(26)25(13-16)9-8-15-5-7-19(28-2)20(11-15)29-3/h4-7,10-11,16H,8-9,12-13H2,1-3H3,(H,24,27). The lowest BCUT2D eigenvalue weighted by atomic mass is 10.1. The average molecular weight is 400 g/mol. The van der Waals surface area contributed by atoms with Crippen LogP contribution in [0, 0.1) is 18.7 Å². The van der Waals surface area contributed by atoms with Crippen LogP contribution in [0.5, 0.6) is 11.5 Å². The Hall–Kier alpha value is -3.09. The summed E-state index contributed by atoms with van der Waals surface area (Å²) in [6.07, 6.45) is 0.762. The van der Waals surface area contributed by atoms with Gasteiger partial charge in [-0.1, -0.05) is 12.1 Å². The van der Waals surface area contributed by atoms with Gasteiger partial charge in [0, 0.05) is 19.5 Å². The maximum absolute atomic E-state index is 14.0. The summed E-state index contributed by atoms with van der Waals surface area (Å²) in [7, 11) is 3.15. The molecule has 1 heterocycles. The third-order valence-corrected chi connectivity index (χ3v) is 5.09. The summed E-state index contributed by atoms with van der Waals surface area (Å²) >= 11 is 0. The summed E-state index contributed by atoms with van der Waals surface area (Å²) < 4.78 is 24.5. The molecule has 1 aliphatic rings. The van der Waals surface area contributed by atoms with Crippen LogP contribution in [0.25, 0.3) is 0 Å². The van der Waals surface area contributed by atoms with Gasteiger partial charge in [-0.05, 0) is 48.7 Å². The highest BCUT2D eigenvalue weighted by Crippen LogP contribution is 2.28. The van der Waals surface area contributed by atoms with Gasteiger partial charge in [0.15, 0.2) is 11.5 Å². The number of methoxy groups -OCH3 is 2. The SMILES string of the molecule is COc1ccc(CCN2CC(C(=O)Nc3ccc(C)cc3F)CC2=O)cc1OC. The second kappa shape index (κ2) is 8.94. The number of hydrogen-bond acceptors (Lipinski definition) is 4. The molecule has 0 radical (unpaired) electrons. The van der Waals surface area contributed by atoms with Crippen molar-refractivity contribution in [3.05, 3.63) is 53.3 Å². The first-order chi connectivity index (χ1) is 13.9. The molecule has 2 amide bonds. The average Bonchev–Trinajstić information content (AvgIpc) is 3.09. The maximum Gasteiger partial charge on any atom is 0.229 e. The van der Waals surface area contributed by atoms with Crippen LogP contribution < -0.4 is 14.8 Å². The van der Waals surface area contributed by atoms with Crippen molar-refractivity contribution in [3.8, 4) is 11.5 Å². The largest absolute Gasteiger partial charge is 0.493 e. The Balaban J connectivity index is 1.58. The molecule has 1 saturated heterocycles. The Labute approximate surface area is 169 Å². The topological polar surface area (TPSA) is 67.9 Å². The smallest absolute Gasteiger partial charge is 0.229 e. The van der Waals surface area contributed by atoms with Crippen molar-refractivity contribution in [2.75, 3.05) is 32.6 Å². The fourth-order valence-corrected chi connectivity index (χ4v) is 3.42. The number of rotatable bonds is 7. The fraction of sp³-hybridized carbons (Fsp3) is 0.364. The fourth-order valence-electron chi connectivity index (χ4n) is 3.42. The highest BCUT2D eigenvalue weighted by Gasteiger charge is 2.34. The van der Waals surface area contributed by atoms with Gasteiger partial charge >= 0.3 is 0 Å². The highest BCUT2D eigenvalue weighted by molar-refractivity contribution is 5.97. The first-order valence-corrected chi connectivity index (χ1v) is 9.47. The zero-order valence-electron chi connectivity index (χ0n) is 16.8. The number of hydrogen-bond donors (Lipinski definition) is 1. The molecule has 29 heavy (non-hydrogen) atoms. The first-order valence-electron chi connectivity index (χ1n) is 9.47. The molecule has 1 unspecified atom stereocenters. The minimum absolute atomic E-state index is 0.0741. The number of anilines is 1. The number of benzene rings is 2. The van der Waals surface area contributed by atoms with E-state index in [1.807, 2.05) is 18.2 Å². The van der Waals surface area contributed by atoms with Gasteiger partial charge in [0.05, 0.1) is 25.8 Å². The molecule has 0 aromatic heterocycles. The van der Waals surface area contributed by atoms with Crippen LogP contribution in [0.2, 0.25) is 0 Å². The van der Waals surface area contributed by atoms with Crippen molar-refractivity contribution >= 4 is 17.5 Å². The minimum atomic E-state index is -0.492. The molecular formula is C22H25FN2O4. The van der Waals surface area contributed by atoms with Crippen LogP contribution >= 0.6 is 0 Å². The van der Waals surface area contributed by atoms with Crippen molar-refractivity contribution in [2.24, 2.45) is 5.92 Å². The van der Waals surface area contributed by atoms with E-state index in [0.717, 1.165) is 11.1 Å². The molecule has 0 saturated carbocycles. The third-order valence-electron chi connectivity index (χ3n) is 5.09. The molecule has 2 aromatic rings. The van der Waals surface area contributed by atoms with Crippen LogP contribution in [-0.4, -0.2) is 44.0 Å². The van der Waals surface area contributed by atoms with Gasteiger partial charge in [0.2, 0.25) is 11.8 Å². The summed E-state index contributed by atoms with van der Waals surface area (Å²) in [5, 5.41) is 2.60. The number of nitrogens with zero attached hydrogens (tertiary/aromatic N) is 1. The van der Waals surface area contributed by atoms with E-state index in [0.29, 0.717) is 31.0 Å². The van der Waals surface area contributed by atoms with Crippen molar-refractivity contribution in [3.63, 3.8) is 0 Å². The van der Waals surface area contributed by atoms with Gasteiger partial charge in [-0.3, -0.25) is 9.59 Å². The summed E-state index contributed by atoms with van der Waals surface area (Å²) in [4.78, 5) is 26.5. The van der Waals surface area contributed by atoms with E-state index in [9.17, 15) is 14.0 Å². The van der Waals surface area contributed by atoms with E-state index in [1.54, 1.807) is 32.1 Å². The number of ether oxygens (including phenoxy) is 2. The molecule has 0 bridgehead atoms. The Kier molecular flexibility index (Phi) is 6.36. The molecule has 0 spiro atoms. The molecule has 7 heteroatoms. The van der Waals surface area contributed by atoms with E-state index in [4.69, 9.17) is 9.47 Å². The zero-order chi connectivity index (χ0) is 21.0. The number of carbonyl (C=O) groups is 2. The second-order valence-corrected chi connectivity index (χ2v) is 7.15. The molecular weight excluding hydrogens is 375 g/mol. The molecule has 1 fully saturated rings. The Morgan fingerprint density at radius 2 is 1.93 bits per heavy atom. The van der Waals surface area contributed by atoms with E-state index in [-0.39, 0.29) is 23.9 Å². The van der Waals surface area contributed by atoms with Crippen LogP contribution in [0.4, 0.5) is 10.1 Å². The monoisotopic (exact) mass is 400 g/mol. The molecule has 1 aliphatic heterocycles. The molecule has 1 N–H and O–H groups in total. The van der Waals surface area contributed by atoms with Gasteiger partial charge in [-0.15, -0.1) is 0 Å². The lowest BCUT2D eigenvalue weighted by molar-refractivity contribution is -0.128. The number of aryl methyl sites for hydroxylation is 1. The predicted molar refractivity (Wildman–Crippen MR) is 108 cm³/mol. The molecule has 2 aromatic carbocycles. The van der Waals surface area contributed by atoms with Crippen molar-refractivity contribution in [2.45, 2.75) is 19.8 Å². The highest BCUT2D eigenvalue weighted by atomic mass is 19.1. The van der Waals surface area contributed by atoms with Gasteiger partial charge in [-0.25, -0.2) is 4.39 Å². The van der Waals surface area contributed by atoms with Crippen LogP contribution in [0.15, 0.2) is 36.4 Å². The van der Waals surface area contributed by atoms with Crippen molar-refractivity contribution in [1.82, 2.24) is 4.90 Å². The van der Waals surface area contributed by atoms with E-state index >= 15 is 0 Å². The summed E-state index contributed by atoms with van der Waals surface area (Å²) in [6.45, 7) is 2.60. The minimum Gasteiger partial charge on any atom is -0.493 e. The van der Waals surface area contributed by atoms with Gasteiger partial charge in [-0.2, -0.15) is 0 Å². The Bertz CT molecular complexity index is 916. The first kappa shape index (κ1) is 20.6. The molecule has 6 nitrogen and oxygen atoms in total. The second-order valence-electron chi connectivity index (χ2n) is 7.15. The van der Waals surface area contributed by atoms with Gasteiger partial charge in [0.1, 0.15) is 5.82 Å². The van der Waals surface area contributed by atoms with E-state index in [1.165, 1.54) is 12.1 Å². The normalized spacial score (nSPS) is 16.1. The Morgan fingerprint density at radius 1 is 1.17 bits per heavy atom. The predicted octanol–water partition coefficient (Wildman–Crippen LogP) is 3.18. The van der Waals surface area contributed by atoms with Crippen LogP contribution in [0.3, 0.4) is 0 Å². The van der Waals surface area contributed by atoms with Crippen LogP contribution in [-0.2, 0) is 16.0 Å². The van der Waals surface area contributed by atoms with E-state index in [2.05, 4.69) is 5.32 Å². The molecule has 1 atom stereocenters.